The summed E-state index contributed by atoms with van der Waals surface area (Å²) in [6.07, 6.45) is 0.594. The maximum absolute atomic E-state index is 13.5. The molecule has 3 N–H and O–H groups in total. The highest BCUT2D eigenvalue weighted by Crippen LogP contribution is 2.30. The zero-order chi connectivity index (χ0) is 33.8. The molecule has 0 heterocycles. The molecule has 0 fully saturated rings. The molecule has 0 aliphatic carbocycles. The number of methoxy groups -OCH3 is 4. The third-order valence-corrected chi connectivity index (χ3v) is 7.08. The molecule has 0 radical (unpaired) electrons. The number of hydrogen-bond donors (Lipinski definition) is 3. The zero-order valence-corrected chi connectivity index (χ0v) is 26.5. The molecule has 246 valence electrons. The lowest BCUT2D eigenvalue weighted by atomic mass is 10.1. The number of anilines is 2. The fourth-order valence-corrected chi connectivity index (χ4v) is 4.64. The molecule has 2 amide bonds. The maximum Gasteiger partial charge on any atom is 0.271 e. The number of non-ortho nitro benzene ring substituents is 1. The van der Waals surface area contributed by atoms with Crippen LogP contribution in [0.25, 0.3) is 0 Å². The Morgan fingerprint density at radius 2 is 1.36 bits per heavy atom. The summed E-state index contributed by atoms with van der Waals surface area (Å²) in [5, 5.41) is 20.3. The maximum atomic E-state index is 13.5. The van der Waals surface area contributed by atoms with Gasteiger partial charge >= 0.3 is 0 Å². The first-order valence-corrected chi connectivity index (χ1v) is 14.5. The number of ether oxygens (including phenoxy) is 5. The van der Waals surface area contributed by atoms with Crippen LogP contribution in [0.5, 0.6) is 28.7 Å². The number of carbonyl (C=O) groups is 2. The van der Waals surface area contributed by atoms with E-state index in [1.165, 1.54) is 32.4 Å². The quantitative estimate of drug-likeness (QED) is 0.0785. The van der Waals surface area contributed by atoms with Crippen molar-refractivity contribution in [1.29, 1.82) is 0 Å². The molecule has 0 atom stereocenters. The molecule has 13 heteroatoms. The van der Waals surface area contributed by atoms with Gasteiger partial charge in [0, 0.05) is 36.0 Å². The topological polar surface area (TPSA) is 160 Å². The highest BCUT2D eigenvalue weighted by molar-refractivity contribution is 6.13. The van der Waals surface area contributed by atoms with Gasteiger partial charge in [0.05, 0.1) is 56.8 Å². The Labute approximate surface area is 271 Å². The number of hydrogen-bond acceptors (Lipinski definition) is 10. The van der Waals surface area contributed by atoms with Crippen LogP contribution in [0.3, 0.4) is 0 Å². The van der Waals surface area contributed by atoms with Gasteiger partial charge in [-0.2, -0.15) is 0 Å². The first kappa shape index (κ1) is 34.1. The fraction of sp³-hybridized carbons (Fsp3) is 0.235. The number of benzene rings is 4. The normalized spacial score (nSPS) is 10.5. The van der Waals surface area contributed by atoms with Gasteiger partial charge in [0.2, 0.25) is 0 Å². The molecule has 4 rings (SSSR count). The standard InChI is InChI=1S/C34H36N4O9/c1-43-24-12-9-22(10-13-24)36-33(39)26-15-11-23(38(41)42)19-29(26)37-34(40)27-16-14-25(44-2)20-32(27)47-18-6-17-35-21-28-30(45-3)7-5-8-31(28)46-4/h5,7-16,19-20,35H,6,17-18,21H2,1-4H3,(H,36,39)(H,37,40). The van der Waals surface area contributed by atoms with E-state index in [4.69, 9.17) is 23.7 Å². The van der Waals surface area contributed by atoms with Crippen molar-refractivity contribution < 1.29 is 38.2 Å². The summed E-state index contributed by atoms with van der Waals surface area (Å²) < 4.78 is 27.3. The number of amides is 2. The van der Waals surface area contributed by atoms with Crippen molar-refractivity contribution in [3.8, 4) is 28.7 Å². The van der Waals surface area contributed by atoms with Gasteiger partial charge in [-0.05, 0) is 67.6 Å². The minimum atomic E-state index is -0.636. The van der Waals surface area contributed by atoms with E-state index in [1.54, 1.807) is 50.6 Å². The van der Waals surface area contributed by atoms with Gasteiger partial charge in [0.15, 0.2) is 0 Å². The second kappa shape index (κ2) is 16.5. The monoisotopic (exact) mass is 644 g/mol. The first-order chi connectivity index (χ1) is 22.8. The predicted molar refractivity (Wildman–Crippen MR) is 176 cm³/mol. The minimum Gasteiger partial charge on any atom is -0.497 e. The smallest absolute Gasteiger partial charge is 0.271 e. The van der Waals surface area contributed by atoms with Gasteiger partial charge in [0.25, 0.3) is 17.5 Å². The van der Waals surface area contributed by atoms with Gasteiger partial charge in [-0.15, -0.1) is 0 Å². The van der Waals surface area contributed by atoms with Crippen molar-refractivity contribution in [2.24, 2.45) is 0 Å². The van der Waals surface area contributed by atoms with Crippen molar-refractivity contribution in [2.45, 2.75) is 13.0 Å². The Bertz CT molecular complexity index is 1690. The molecule has 13 nitrogen and oxygen atoms in total. The van der Waals surface area contributed by atoms with Crippen molar-refractivity contribution in [1.82, 2.24) is 5.32 Å². The number of rotatable bonds is 16. The van der Waals surface area contributed by atoms with Crippen LogP contribution in [0.1, 0.15) is 32.7 Å². The van der Waals surface area contributed by atoms with E-state index in [1.807, 2.05) is 18.2 Å². The van der Waals surface area contributed by atoms with E-state index in [-0.39, 0.29) is 34.9 Å². The van der Waals surface area contributed by atoms with Crippen LogP contribution in [0, 0.1) is 10.1 Å². The van der Waals surface area contributed by atoms with Gasteiger partial charge in [-0.25, -0.2) is 0 Å². The molecule has 0 unspecified atom stereocenters. The van der Waals surface area contributed by atoms with Crippen LogP contribution in [0.2, 0.25) is 0 Å². The molecule has 0 aromatic heterocycles. The molecule has 4 aromatic rings. The van der Waals surface area contributed by atoms with Gasteiger partial charge < -0.3 is 39.6 Å². The number of nitro groups is 1. The third-order valence-electron chi connectivity index (χ3n) is 7.08. The average molecular weight is 645 g/mol. The first-order valence-electron chi connectivity index (χ1n) is 14.5. The molecule has 47 heavy (non-hydrogen) atoms. The summed E-state index contributed by atoms with van der Waals surface area (Å²) >= 11 is 0. The zero-order valence-electron chi connectivity index (χ0n) is 26.5. The Kier molecular flexibility index (Phi) is 11.9. The number of carbonyl (C=O) groups excluding carboxylic acids is 2. The lowest BCUT2D eigenvalue weighted by Crippen LogP contribution is -2.20. The highest BCUT2D eigenvalue weighted by Gasteiger charge is 2.21. The van der Waals surface area contributed by atoms with E-state index in [0.29, 0.717) is 48.2 Å². The molecule has 0 saturated heterocycles. The summed E-state index contributed by atoms with van der Waals surface area (Å²) in [4.78, 5) is 37.7. The second-order valence-electron chi connectivity index (χ2n) is 10.0. The van der Waals surface area contributed by atoms with Gasteiger partial charge in [-0.3, -0.25) is 19.7 Å². The molecule has 0 saturated carbocycles. The molecule has 0 aliphatic heterocycles. The summed E-state index contributed by atoms with van der Waals surface area (Å²) in [7, 11) is 6.22. The van der Waals surface area contributed by atoms with Crippen LogP contribution < -0.4 is 39.6 Å². The van der Waals surface area contributed by atoms with Gasteiger partial charge in [0.1, 0.15) is 28.7 Å². The van der Waals surface area contributed by atoms with E-state index in [9.17, 15) is 19.7 Å². The molecule has 0 bridgehead atoms. The molecular weight excluding hydrogens is 608 g/mol. The van der Waals surface area contributed by atoms with Crippen LogP contribution in [0.15, 0.2) is 78.9 Å². The van der Waals surface area contributed by atoms with E-state index >= 15 is 0 Å². The molecule has 0 spiro atoms. The van der Waals surface area contributed by atoms with Crippen LogP contribution in [0.4, 0.5) is 17.1 Å². The Balaban J connectivity index is 1.46. The van der Waals surface area contributed by atoms with Gasteiger partial charge in [-0.1, -0.05) is 6.07 Å². The molecular formula is C34H36N4O9. The summed E-state index contributed by atoms with van der Waals surface area (Å²) in [6, 6.07) is 20.5. The SMILES string of the molecule is COc1ccc(NC(=O)c2ccc([N+](=O)[O-])cc2NC(=O)c2ccc(OC)cc2OCCCNCc2c(OC)cccc2OC)cc1. The Morgan fingerprint density at radius 3 is 2.00 bits per heavy atom. The Morgan fingerprint density at radius 1 is 0.723 bits per heavy atom. The number of nitrogens with zero attached hydrogens (tertiary/aromatic N) is 1. The Hall–Kier alpha value is -5.82. The minimum absolute atomic E-state index is 0.0218. The summed E-state index contributed by atoms with van der Waals surface area (Å²) in [6.45, 7) is 1.36. The highest BCUT2D eigenvalue weighted by atomic mass is 16.6. The van der Waals surface area contributed by atoms with Crippen LogP contribution >= 0.6 is 0 Å². The van der Waals surface area contributed by atoms with Crippen molar-refractivity contribution >= 4 is 28.9 Å². The number of nitrogens with one attached hydrogen (secondary N) is 3. The van der Waals surface area contributed by atoms with Crippen molar-refractivity contribution in [3.63, 3.8) is 0 Å². The predicted octanol–water partition coefficient (Wildman–Crippen LogP) is 5.69. The van der Waals surface area contributed by atoms with Crippen LogP contribution in [-0.2, 0) is 6.54 Å². The van der Waals surface area contributed by atoms with E-state index in [0.717, 1.165) is 11.6 Å². The molecule has 4 aromatic carbocycles. The van der Waals surface area contributed by atoms with E-state index < -0.39 is 16.7 Å². The molecule has 0 aliphatic rings. The fourth-order valence-electron chi connectivity index (χ4n) is 4.64. The second-order valence-corrected chi connectivity index (χ2v) is 10.0. The lowest BCUT2D eigenvalue weighted by molar-refractivity contribution is -0.384. The lowest BCUT2D eigenvalue weighted by Gasteiger charge is -2.16. The van der Waals surface area contributed by atoms with Crippen molar-refractivity contribution in [2.75, 3.05) is 52.2 Å². The largest absolute Gasteiger partial charge is 0.497 e. The van der Waals surface area contributed by atoms with Crippen molar-refractivity contribution in [3.05, 3.63) is 106 Å². The van der Waals surface area contributed by atoms with E-state index in [2.05, 4.69) is 16.0 Å². The average Bonchev–Trinajstić information content (AvgIpc) is 3.09. The number of nitro benzene ring substituents is 1. The summed E-state index contributed by atoms with van der Waals surface area (Å²) in [5.41, 5.74) is 1.18. The van der Waals surface area contributed by atoms with Crippen LogP contribution in [-0.4, -0.2) is 58.3 Å². The summed E-state index contributed by atoms with van der Waals surface area (Å²) in [5.74, 6) is 1.52. The third kappa shape index (κ3) is 8.89.